The van der Waals surface area contributed by atoms with Gasteiger partial charge in [0.1, 0.15) is 6.17 Å². The molecule has 0 bridgehead atoms. The summed E-state index contributed by atoms with van der Waals surface area (Å²) in [5.74, 6) is -1.81. The third-order valence-electron chi connectivity index (χ3n) is 4.14. The summed E-state index contributed by atoms with van der Waals surface area (Å²) in [6, 6.07) is 0. The summed E-state index contributed by atoms with van der Waals surface area (Å²) in [7, 11) is 0. The van der Waals surface area contributed by atoms with Gasteiger partial charge in [0, 0.05) is 13.5 Å². The molecule has 1 saturated carbocycles. The van der Waals surface area contributed by atoms with Crippen molar-refractivity contribution in [1.82, 2.24) is 5.32 Å². The summed E-state index contributed by atoms with van der Waals surface area (Å²) >= 11 is 0. The first-order chi connectivity index (χ1) is 11.1. The van der Waals surface area contributed by atoms with Gasteiger partial charge in [-0.15, -0.1) is 0 Å². The van der Waals surface area contributed by atoms with E-state index < -0.39 is 35.9 Å². The number of aliphatic carboxylic acids is 1. The van der Waals surface area contributed by atoms with E-state index in [-0.39, 0.29) is 31.7 Å². The third kappa shape index (κ3) is 6.72. The van der Waals surface area contributed by atoms with Crippen molar-refractivity contribution >= 4 is 18.0 Å². The van der Waals surface area contributed by atoms with Crippen LogP contribution < -0.4 is 5.32 Å². The number of halogens is 1. The van der Waals surface area contributed by atoms with E-state index >= 15 is 0 Å². The number of carbonyl (C=O) groups is 3. The molecule has 2 N–H and O–H groups in total. The Labute approximate surface area is 140 Å². The molecule has 138 valence electrons. The Balaban J connectivity index is 2.49. The minimum absolute atomic E-state index is 0.0791. The Morgan fingerprint density at radius 2 is 1.79 bits per heavy atom. The van der Waals surface area contributed by atoms with E-state index in [0.29, 0.717) is 12.8 Å². The van der Waals surface area contributed by atoms with Crippen LogP contribution in [0, 0.1) is 11.3 Å². The molecule has 0 aromatic rings. The standard InChI is InChI=1S/C16H26FNO6/c1-10(2)14(21)23-11(3)24-15(22)18-9-16(8-13(19)20)6-4-12(17)5-7-16/h10-12H,4-9H2,1-3H3,(H,18,22)(H,19,20)/i17-1. The van der Waals surface area contributed by atoms with Gasteiger partial charge in [-0.3, -0.25) is 9.59 Å². The van der Waals surface area contributed by atoms with Gasteiger partial charge < -0.3 is 19.9 Å². The number of ether oxygens (including phenoxy) is 2. The zero-order valence-corrected chi connectivity index (χ0v) is 14.3. The van der Waals surface area contributed by atoms with Crippen LogP contribution in [-0.4, -0.2) is 42.1 Å². The van der Waals surface area contributed by atoms with E-state index in [1.807, 2.05) is 0 Å². The van der Waals surface area contributed by atoms with Crippen molar-refractivity contribution in [3.8, 4) is 0 Å². The number of hydrogen-bond acceptors (Lipinski definition) is 5. The lowest BCUT2D eigenvalue weighted by molar-refractivity contribution is -0.168. The Morgan fingerprint density at radius 1 is 1.21 bits per heavy atom. The molecule has 7 nitrogen and oxygen atoms in total. The Hall–Kier alpha value is -1.86. The van der Waals surface area contributed by atoms with Crippen LogP contribution in [0.3, 0.4) is 0 Å². The fourth-order valence-corrected chi connectivity index (χ4v) is 2.71. The van der Waals surface area contributed by atoms with Gasteiger partial charge in [-0.2, -0.15) is 0 Å². The molecule has 0 radical (unpaired) electrons. The van der Waals surface area contributed by atoms with Crippen LogP contribution in [-0.2, 0) is 19.1 Å². The van der Waals surface area contributed by atoms with Crippen LogP contribution in [0.4, 0.5) is 9.18 Å². The molecule has 0 spiro atoms. The second kappa shape index (κ2) is 8.84. The number of carboxylic acid groups (broad SMARTS) is 1. The highest BCUT2D eigenvalue weighted by atomic mass is 18.2. The summed E-state index contributed by atoms with van der Waals surface area (Å²) in [5, 5.41) is 11.6. The van der Waals surface area contributed by atoms with Crippen LogP contribution in [0.2, 0.25) is 0 Å². The van der Waals surface area contributed by atoms with Crippen LogP contribution in [0.5, 0.6) is 0 Å². The number of alkyl halides is 1. The van der Waals surface area contributed by atoms with Gasteiger partial charge >= 0.3 is 18.0 Å². The van der Waals surface area contributed by atoms with E-state index in [4.69, 9.17) is 14.6 Å². The van der Waals surface area contributed by atoms with Crippen LogP contribution in [0.15, 0.2) is 0 Å². The minimum Gasteiger partial charge on any atom is -0.481 e. The van der Waals surface area contributed by atoms with E-state index in [9.17, 15) is 18.8 Å². The number of amides is 1. The maximum atomic E-state index is 13.3. The largest absolute Gasteiger partial charge is 0.481 e. The van der Waals surface area contributed by atoms with E-state index in [2.05, 4.69) is 5.32 Å². The molecule has 1 aliphatic carbocycles. The highest BCUT2D eigenvalue weighted by molar-refractivity contribution is 5.72. The third-order valence-corrected chi connectivity index (χ3v) is 4.14. The lowest BCUT2D eigenvalue weighted by atomic mass is 9.71. The molecular formula is C16H26FNO6. The fraction of sp³-hybridized carbons (Fsp3) is 0.812. The number of hydrogen-bond donors (Lipinski definition) is 2. The quantitative estimate of drug-likeness (QED) is 0.543. The monoisotopic (exact) mass is 346 g/mol. The Bertz CT molecular complexity index is 459. The molecule has 0 heterocycles. The van der Waals surface area contributed by atoms with Crippen molar-refractivity contribution in [1.29, 1.82) is 0 Å². The van der Waals surface area contributed by atoms with Crippen LogP contribution in [0.1, 0.15) is 52.9 Å². The Morgan fingerprint density at radius 3 is 2.29 bits per heavy atom. The highest BCUT2D eigenvalue weighted by Crippen LogP contribution is 2.39. The molecule has 1 amide bonds. The van der Waals surface area contributed by atoms with Gasteiger partial charge in [-0.05, 0) is 31.1 Å². The molecule has 24 heavy (non-hydrogen) atoms. The molecule has 0 aromatic heterocycles. The first kappa shape index (κ1) is 20.2. The molecule has 0 saturated heterocycles. The zero-order valence-electron chi connectivity index (χ0n) is 14.3. The topological polar surface area (TPSA) is 102 Å². The van der Waals surface area contributed by atoms with Crippen molar-refractivity contribution < 1.29 is 33.4 Å². The molecular weight excluding hydrogens is 320 g/mol. The molecule has 1 rings (SSSR count). The average molecular weight is 346 g/mol. The molecule has 0 aliphatic heterocycles. The number of esters is 1. The number of alkyl carbamates (subject to hydrolysis) is 1. The first-order valence-electron chi connectivity index (χ1n) is 8.14. The number of carbonyl (C=O) groups excluding carboxylic acids is 2. The smallest absolute Gasteiger partial charge is 0.410 e. The molecule has 1 atom stereocenters. The van der Waals surface area contributed by atoms with Crippen molar-refractivity contribution in [2.75, 3.05) is 6.54 Å². The van der Waals surface area contributed by atoms with Crippen molar-refractivity contribution in [3.05, 3.63) is 0 Å². The van der Waals surface area contributed by atoms with Gasteiger partial charge in [0.15, 0.2) is 0 Å². The SMILES string of the molecule is CC(OC(=O)NCC1(CC(=O)O)CCC([18F])CC1)OC(=O)C(C)C. The number of nitrogens with one attached hydrogen (secondary N) is 1. The van der Waals surface area contributed by atoms with Crippen molar-refractivity contribution in [2.24, 2.45) is 11.3 Å². The maximum absolute atomic E-state index is 13.3. The van der Waals surface area contributed by atoms with E-state index in [0.717, 1.165) is 0 Å². The second-order valence-corrected chi connectivity index (χ2v) is 6.66. The molecule has 1 aliphatic rings. The minimum atomic E-state index is -1.04. The van der Waals surface area contributed by atoms with Crippen LogP contribution in [0.25, 0.3) is 0 Å². The predicted octanol–water partition coefficient (Wildman–Crippen LogP) is 2.63. The highest BCUT2D eigenvalue weighted by Gasteiger charge is 2.38. The summed E-state index contributed by atoms with van der Waals surface area (Å²) in [6.45, 7) is 4.81. The lowest BCUT2D eigenvalue weighted by Crippen LogP contribution is -2.43. The summed E-state index contributed by atoms with van der Waals surface area (Å²) in [6.07, 6.45) is -1.56. The molecule has 0 aromatic carbocycles. The summed E-state index contributed by atoms with van der Waals surface area (Å²) in [5.41, 5.74) is -0.675. The Kier molecular flexibility index (Phi) is 7.44. The molecule has 8 heteroatoms. The number of carboxylic acids is 1. The lowest BCUT2D eigenvalue weighted by Gasteiger charge is -2.37. The maximum Gasteiger partial charge on any atom is 0.410 e. The summed E-state index contributed by atoms with van der Waals surface area (Å²) in [4.78, 5) is 34.3. The van der Waals surface area contributed by atoms with Gasteiger partial charge in [0.05, 0.1) is 12.3 Å². The van der Waals surface area contributed by atoms with Gasteiger partial charge in [0.25, 0.3) is 0 Å². The fourth-order valence-electron chi connectivity index (χ4n) is 2.71. The average Bonchev–Trinajstić information content (AvgIpc) is 2.47. The zero-order chi connectivity index (χ0) is 18.3. The van der Waals surface area contributed by atoms with Crippen molar-refractivity contribution in [3.63, 3.8) is 0 Å². The van der Waals surface area contributed by atoms with Gasteiger partial charge in [-0.1, -0.05) is 13.8 Å². The predicted molar refractivity (Wildman–Crippen MR) is 82.9 cm³/mol. The van der Waals surface area contributed by atoms with E-state index in [1.54, 1.807) is 13.8 Å². The van der Waals surface area contributed by atoms with Crippen LogP contribution >= 0.6 is 0 Å². The van der Waals surface area contributed by atoms with Crippen molar-refractivity contribution in [2.45, 2.75) is 65.3 Å². The number of rotatable bonds is 7. The first-order valence-corrected chi connectivity index (χ1v) is 8.14. The molecule has 1 fully saturated rings. The van der Waals surface area contributed by atoms with Gasteiger partial charge in [-0.25, -0.2) is 9.18 Å². The van der Waals surface area contributed by atoms with E-state index in [1.165, 1.54) is 6.92 Å². The second-order valence-electron chi connectivity index (χ2n) is 6.66. The normalized spacial score (nSPS) is 25.0. The molecule has 1 unspecified atom stereocenters. The summed E-state index contributed by atoms with van der Waals surface area (Å²) < 4.78 is 23.1. The van der Waals surface area contributed by atoms with Gasteiger partial charge in [0.2, 0.25) is 6.29 Å².